The summed E-state index contributed by atoms with van der Waals surface area (Å²) in [6, 6.07) is 5.32. The summed E-state index contributed by atoms with van der Waals surface area (Å²) < 4.78 is 6.35. The maximum absolute atomic E-state index is 10.5. The number of aldehydes is 1. The number of hydrogen-bond acceptors (Lipinski definition) is 2. The van der Waals surface area contributed by atoms with E-state index in [1.165, 1.54) is 0 Å². The summed E-state index contributed by atoms with van der Waals surface area (Å²) in [5, 5.41) is 0. The molecule has 0 heterocycles. The predicted octanol–water partition coefficient (Wildman–Crippen LogP) is 3.44. The van der Waals surface area contributed by atoms with Crippen LogP contribution in [0.3, 0.4) is 0 Å². The van der Waals surface area contributed by atoms with E-state index in [0.29, 0.717) is 5.56 Å². The van der Waals surface area contributed by atoms with E-state index >= 15 is 0 Å². The van der Waals surface area contributed by atoms with E-state index in [2.05, 4.69) is 22.9 Å². The molecule has 0 amide bonds. The molecule has 0 aliphatic heterocycles. The van der Waals surface area contributed by atoms with Gasteiger partial charge in [0.15, 0.2) is 0 Å². The third kappa shape index (κ3) is 3.14. The Morgan fingerprint density at radius 1 is 1.50 bits per heavy atom. The molecule has 0 saturated carbocycles. The van der Waals surface area contributed by atoms with Crippen LogP contribution in [0.1, 0.15) is 30.1 Å². The topological polar surface area (TPSA) is 26.3 Å². The van der Waals surface area contributed by atoms with E-state index in [1.807, 2.05) is 6.07 Å². The van der Waals surface area contributed by atoms with Gasteiger partial charge >= 0.3 is 0 Å². The van der Waals surface area contributed by atoms with Crippen LogP contribution in [0, 0.1) is 0 Å². The number of halogens is 1. The zero-order valence-corrected chi connectivity index (χ0v) is 9.71. The minimum atomic E-state index is 0.653. The van der Waals surface area contributed by atoms with Crippen molar-refractivity contribution in [3.8, 4) is 5.75 Å². The molecule has 14 heavy (non-hydrogen) atoms. The third-order valence-corrected chi connectivity index (χ3v) is 2.47. The number of rotatable bonds is 5. The van der Waals surface area contributed by atoms with Crippen LogP contribution in [0.2, 0.25) is 0 Å². The summed E-state index contributed by atoms with van der Waals surface area (Å²) >= 11 is 3.36. The van der Waals surface area contributed by atoms with Gasteiger partial charge < -0.3 is 4.74 Å². The summed E-state index contributed by atoms with van der Waals surface area (Å²) in [6.45, 7) is 2.84. The minimum Gasteiger partial charge on any atom is -0.492 e. The van der Waals surface area contributed by atoms with Crippen molar-refractivity contribution in [2.75, 3.05) is 6.61 Å². The first-order valence-electron chi connectivity index (χ1n) is 4.65. The molecular weight excluding hydrogens is 244 g/mol. The molecule has 0 saturated heterocycles. The second-order valence-corrected chi connectivity index (χ2v) is 3.86. The molecule has 76 valence electrons. The van der Waals surface area contributed by atoms with Gasteiger partial charge in [0.2, 0.25) is 0 Å². The fourth-order valence-electron chi connectivity index (χ4n) is 1.03. The molecule has 1 rings (SSSR count). The molecule has 0 radical (unpaired) electrons. The van der Waals surface area contributed by atoms with Crippen molar-refractivity contribution in [2.24, 2.45) is 0 Å². The average molecular weight is 257 g/mol. The summed E-state index contributed by atoms with van der Waals surface area (Å²) in [5.74, 6) is 0.795. The molecule has 0 aliphatic carbocycles. The Labute approximate surface area is 92.4 Å². The first-order valence-corrected chi connectivity index (χ1v) is 5.44. The molecule has 0 spiro atoms. The van der Waals surface area contributed by atoms with Crippen molar-refractivity contribution < 1.29 is 9.53 Å². The number of ether oxygens (including phenoxy) is 1. The molecule has 2 nitrogen and oxygen atoms in total. The van der Waals surface area contributed by atoms with Gasteiger partial charge in [-0.1, -0.05) is 13.3 Å². The lowest BCUT2D eigenvalue weighted by Crippen LogP contribution is -1.97. The van der Waals surface area contributed by atoms with Gasteiger partial charge in [0.1, 0.15) is 12.0 Å². The maximum Gasteiger partial charge on any atom is 0.150 e. The summed E-state index contributed by atoms with van der Waals surface area (Å²) in [5.41, 5.74) is 0.653. The Morgan fingerprint density at radius 2 is 2.29 bits per heavy atom. The number of benzene rings is 1. The Bertz CT molecular complexity index is 310. The van der Waals surface area contributed by atoms with Crippen LogP contribution in [-0.4, -0.2) is 12.9 Å². The fraction of sp³-hybridized carbons (Fsp3) is 0.364. The number of carbonyl (C=O) groups is 1. The van der Waals surface area contributed by atoms with Crippen molar-refractivity contribution in [2.45, 2.75) is 19.8 Å². The summed E-state index contributed by atoms with van der Waals surface area (Å²) in [7, 11) is 0. The second-order valence-electron chi connectivity index (χ2n) is 3.01. The van der Waals surface area contributed by atoms with Crippen LogP contribution >= 0.6 is 15.9 Å². The van der Waals surface area contributed by atoms with Gasteiger partial charge in [0, 0.05) is 5.56 Å². The highest BCUT2D eigenvalue weighted by molar-refractivity contribution is 9.10. The first kappa shape index (κ1) is 11.2. The largest absolute Gasteiger partial charge is 0.492 e. The molecule has 1 aromatic rings. The molecule has 0 atom stereocenters. The van der Waals surface area contributed by atoms with E-state index < -0.39 is 0 Å². The van der Waals surface area contributed by atoms with Crippen LogP contribution in [0.15, 0.2) is 22.7 Å². The molecule has 0 aromatic heterocycles. The van der Waals surface area contributed by atoms with Gasteiger partial charge in [-0.05, 0) is 40.5 Å². The first-order chi connectivity index (χ1) is 6.77. The molecule has 1 aromatic carbocycles. The third-order valence-electron chi connectivity index (χ3n) is 1.85. The molecule has 3 heteroatoms. The highest BCUT2D eigenvalue weighted by Gasteiger charge is 2.01. The van der Waals surface area contributed by atoms with E-state index in [-0.39, 0.29) is 0 Å². The summed E-state index contributed by atoms with van der Waals surface area (Å²) in [4.78, 5) is 10.5. The van der Waals surface area contributed by atoms with Gasteiger partial charge in [-0.25, -0.2) is 0 Å². The van der Waals surface area contributed by atoms with E-state index in [1.54, 1.807) is 12.1 Å². The molecule has 0 unspecified atom stereocenters. The molecule has 0 aliphatic rings. The zero-order chi connectivity index (χ0) is 10.4. The predicted molar refractivity (Wildman–Crippen MR) is 59.9 cm³/mol. The lowest BCUT2D eigenvalue weighted by molar-refractivity contribution is 0.112. The monoisotopic (exact) mass is 256 g/mol. The molecular formula is C11H13BrO2. The number of hydrogen-bond donors (Lipinski definition) is 0. The number of unbranched alkanes of at least 4 members (excludes halogenated alkanes) is 1. The van der Waals surface area contributed by atoms with Crippen molar-refractivity contribution in [3.05, 3.63) is 28.2 Å². The Balaban J connectivity index is 2.64. The van der Waals surface area contributed by atoms with Crippen molar-refractivity contribution in [3.63, 3.8) is 0 Å². The van der Waals surface area contributed by atoms with Crippen LogP contribution in [-0.2, 0) is 0 Å². The van der Waals surface area contributed by atoms with Gasteiger partial charge in [-0.2, -0.15) is 0 Å². The quantitative estimate of drug-likeness (QED) is 0.596. The molecule has 0 fully saturated rings. The average Bonchev–Trinajstić information content (AvgIpc) is 2.20. The van der Waals surface area contributed by atoms with Crippen LogP contribution in [0.25, 0.3) is 0 Å². The van der Waals surface area contributed by atoms with Gasteiger partial charge in [0.25, 0.3) is 0 Å². The summed E-state index contributed by atoms with van der Waals surface area (Å²) in [6.07, 6.45) is 2.98. The highest BCUT2D eigenvalue weighted by atomic mass is 79.9. The van der Waals surface area contributed by atoms with Gasteiger partial charge in [0.05, 0.1) is 11.1 Å². The smallest absolute Gasteiger partial charge is 0.150 e. The van der Waals surface area contributed by atoms with Crippen molar-refractivity contribution in [1.82, 2.24) is 0 Å². The van der Waals surface area contributed by atoms with E-state index in [9.17, 15) is 4.79 Å². The SMILES string of the molecule is CCCCOc1ccc(C=O)cc1Br. The maximum atomic E-state index is 10.5. The Morgan fingerprint density at radius 3 is 2.86 bits per heavy atom. The highest BCUT2D eigenvalue weighted by Crippen LogP contribution is 2.25. The lowest BCUT2D eigenvalue weighted by atomic mass is 10.2. The van der Waals surface area contributed by atoms with Gasteiger partial charge in [-0.3, -0.25) is 4.79 Å². The second kappa shape index (κ2) is 5.81. The Kier molecular flexibility index (Phi) is 4.66. The van der Waals surface area contributed by atoms with Crippen LogP contribution in [0.4, 0.5) is 0 Å². The number of carbonyl (C=O) groups excluding carboxylic acids is 1. The standard InChI is InChI=1S/C11H13BrO2/c1-2-3-6-14-11-5-4-9(8-13)7-10(11)12/h4-5,7-8H,2-3,6H2,1H3. The van der Waals surface area contributed by atoms with E-state index in [4.69, 9.17) is 4.74 Å². The molecule has 0 bridgehead atoms. The van der Waals surface area contributed by atoms with Crippen molar-refractivity contribution >= 4 is 22.2 Å². The Hall–Kier alpha value is -0.830. The van der Waals surface area contributed by atoms with Crippen LogP contribution in [0.5, 0.6) is 5.75 Å². The molecule has 0 N–H and O–H groups in total. The van der Waals surface area contributed by atoms with Crippen LogP contribution < -0.4 is 4.74 Å². The fourth-order valence-corrected chi connectivity index (χ4v) is 1.54. The van der Waals surface area contributed by atoms with Gasteiger partial charge in [-0.15, -0.1) is 0 Å². The lowest BCUT2D eigenvalue weighted by Gasteiger charge is -2.07. The van der Waals surface area contributed by atoms with E-state index in [0.717, 1.165) is 36.0 Å². The minimum absolute atomic E-state index is 0.653. The van der Waals surface area contributed by atoms with Crippen molar-refractivity contribution in [1.29, 1.82) is 0 Å². The normalized spacial score (nSPS) is 9.86. The zero-order valence-electron chi connectivity index (χ0n) is 8.13.